The summed E-state index contributed by atoms with van der Waals surface area (Å²) in [4.78, 5) is 27.6. The zero-order chi connectivity index (χ0) is 29.8. The van der Waals surface area contributed by atoms with Crippen molar-refractivity contribution in [3.63, 3.8) is 0 Å². The van der Waals surface area contributed by atoms with E-state index in [9.17, 15) is 14.7 Å². The molecular formula is C31H30O10. The number of carbonyl (C=O) groups is 2. The average molecular weight is 563 g/mol. The van der Waals surface area contributed by atoms with Crippen molar-refractivity contribution in [2.24, 2.45) is 0 Å². The van der Waals surface area contributed by atoms with Crippen LogP contribution in [0.25, 0.3) is 21.9 Å². The predicted molar refractivity (Wildman–Crippen MR) is 152 cm³/mol. The highest BCUT2D eigenvalue weighted by molar-refractivity contribution is 6.25. The molecule has 10 heteroatoms. The zero-order valence-corrected chi connectivity index (χ0v) is 23.7. The molecule has 4 aromatic carbocycles. The van der Waals surface area contributed by atoms with E-state index in [2.05, 4.69) is 0 Å². The molecule has 1 N–H and O–H groups in total. The van der Waals surface area contributed by atoms with Gasteiger partial charge >= 0.3 is 5.97 Å². The minimum absolute atomic E-state index is 0.163. The smallest absolute Gasteiger partial charge is 0.339 e. The number of benzene rings is 4. The number of fused-ring (bicyclic) bond motifs is 1. The fourth-order valence-electron chi connectivity index (χ4n) is 4.79. The van der Waals surface area contributed by atoms with Crippen molar-refractivity contribution in [1.29, 1.82) is 0 Å². The van der Waals surface area contributed by atoms with Crippen molar-refractivity contribution in [1.82, 2.24) is 0 Å². The molecule has 0 heterocycles. The normalized spacial score (nSPS) is 10.6. The van der Waals surface area contributed by atoms with Crippen LogP contribution in [-0.2, 0) is 4.74 Å². The summed E-state index contributed by atoms with van der Waals surface area (Å²) < 4.78 is 38.2. The number of aromatic hydroxyl groups is 1. The number of carbonyl (C=O) groups excluding carboxylic acids is 2. The van der Waals surface area contributed by atoms with E-state index in [1.807, 2.05) is 0 Å². The second-order valence-corrected chi connectivity index (χ2v) is 8.66. The van der Waals surface area contributed by atoms with Crippen LogP contribution in [0.15, 0.2) is 48.5 Å². The fourth-order valence-corrected chi connectivity index (χ4v) is 4.79. The molecule has 0 amide bonds. The number of methoxy groups -OCH3 is 7. The molecule has 0 saturated carbocycles. The lowest BCUT2D eigenvalue weighted by Crippen LogP contribution is -2.15. The number of esters is 1. The molecule has 0 atom stereocenters. The maximum absolute atomic E-state index is 14.1. The van der Waals surface area contributed by atoms with Crippen molar-refractivity contribution in [3.8, 4) is 51.4 Å². The molecule has 0 aliphatic carbocycles. The van der Waals surface area contributed by atoms with Gasteiger partial charge in [-0.2, -0.15) is 0 Å². The number of rotatable bonds is 10. The number of hydrogen-bond acceptors (Lipinski definition) is 10. The lowest BCUT2D eigenvalue weighted by atomic mass is 9.85. The third kappa shape index (κ3) is 4.88. The van der Waals surface area contributed by atoms with Crippen molar-refractivity contribution in [3.05, 3.63) is 65.2 Å². The Balaban J connectivity index is 2.27. The van der Waals surface area contributed by atoms with Crippen molar-refractivity contribution in [2.75, 3.05) is 49.8 Å². The zero-order valence-electron chi connectivity index (χ0n) is 23.7. The van der Waals surface area contributed by atoms with Gasteiger partial charge in [-0.25, -0.2) is 4.79 Å². The van der Waals surface area contributed by atoms with Gasteiger partial charge in [0.1, 0.15) is 11.5 Å². The predicted octanol–water partition coefficient (Wildman–Crippen LogP) is 5.28. The topological polar surface area (TPSA) is 119 Å². The minimum Gasteiger partial charge on any atom is -0.506 e. The first kappa shape index (κ1) is 28.9. The summed E-state index contributed by atoms with van der Waals surface area (Å²) in [6, 6.07) is 12.8. The Bertz CT molecular complexity index is 1620. The quantitative estimate of drug-likeness (QED) is 0.202. The van der Waals surface area contributed by atoms with E-state index < -0.39 is 17.5 Å². The monoisotopic (exact) mass is 562 g/mol. The van der Waals surface area contributed by atoms with Gasteiger partial charge in [0.15, 0.2) is 28.8 Å². The maximum atomic E-state index is 14.1. The SMILES string of the molecule is COC(=O)c1c(C(=O)c2ccc(OC)cc2)c(O)c2cc(OC)c(OC)c(OC)c2c1-c1ccc(OC)c(OC)c1. The minimum atomic E-state index is -0.860. The van der Waals surface area contributed by atoms with Gasteiger partial charge in [-0.15, -0.1) is 0 Å². The highest BCUT2D eigenvalue weighted by atomic mass is 16.5. The number of hydrogen-bond donors (Lipinski definition) is 1. The summed E-state index contributed by atoms with van der Waals surface area (Å²) in [5.41, 5.74) is 0.434. The van der Waals surface area contributed by atoms with Crippen LogP contribution in [-0.4, -0.2) is 66.6 Å². The van der Waals surface area contributed by atoms with Gasteiger partial charge in [-0.3, -0.25) is 4.79 Å². The van der Waals surface area contributed by atoms with Crippen molar-refractivity contribution < 1.29 is 47.9 Å². The number of phenols is 1. The third-order valence-corrected chi connectivity index (χ3v) is 6.71. The molecule has 0 bridgehead atoms. The second-order valence-electron chi connectivity index (χ2n) is 8.66. The summed E-state index contributed by atoms with van der Waals surface area (Å²) in [5, 5.41) is 12.2. The van der Waals surface area contributed by atoms with Gasteiger partial charge in [-0.05, 0) is 48.0 Å². The Morgan fingerprint density at radius 2 is 1.27 bits per heavy atom. The number of phenolic OH excluding ortho intramolecular Hbond substituents is 1. The number of ether oxygens (including phenoxy) is 7. The highest BCUT2D eigenvalue weighted by Crippen LogP contribution is 2.52. The lowest BCUT2D eigenvalue weighted by Gasteiger charge is -2.23. The Morgan fingerprint density at radius 3 is 1.80 bits per heavy atom. The molecular weight excluding hydrogens is 532 g/mol. The highest BCUT2D eigenvalue weighted by Gasteiger charge is 2.33. The molecule has 0 saturated heterocycles. The standard InChI is InChI=1S/C31H30O10/c1-35-18-11-8-16(9-12-18)27(32)26-25(31(34)41-7)23(17-10-13-20(36-2)21(14-17)37-3)24-19(28(26)33)15-22(38-4)29(39-5)30(24)40-6/h8-15,33H,1-7H3. The molecule has 214 valence electrons. The molecule has 0 unspecified atom stereocenters. The van der Waals surface area contributed by atoms with E-state index in [0.717, 1.165) is 0 Å². The molecule has 0 fully saturated rings. The van der Waals surface area contributed by atoms with Gasteiger partial charge < -0.3 is 38.3 Å². The summed E-state index contributed by atoms with van der Waals surface area (Å²) in [6.45, 7) is 0. The Kier molecular flexibility index (Phi) is 8.42. The molecule has 0 aromatic heterocycles. The van der Waals surface area contributed by atoms with Crippen LogP contribution in [0.5, 0.6) is 40.2 Å². The van der Waals surface area contributed by atoms with Crippen LogP contribution in [0.3, 0.4) is 0 Å². The summed E-state index contributed by atoms with van der Waals surface area (Å²) in [7, 11) is 9.96. The molecule has 0 spiro atoms. The van der Waals surface area contributed by atoms with Gasteiger partial charge in [0.25, 0.3) is 0 Å². The van der Waals surface area contributed by atoms with E-state index in [1.54, 1.807) is 30.3 Å². The largest absolute Gasteiger partial charge is 0.506 e. The van der Waals surface area contributed by atoms with E-state index in [1.165, 1.54) is 68.0 Å². The first-order valence-electron chi connectivity index (χ1n) is 12.3. The van der Waals surface area contributed by atoms with E-state index in [0.29, 0.717) is 22.8 Å². The summed E-state index contributed by atoms with van der Waals surface area (Å²) in [5.74, 6) is 0.00544. The average Bonchev–Trinajstić information content (AvgIpc) is 3.02. The van der Waals surface area contributed by atoms with Crippen LogP contribution in [0.4, 0.5) is 0 Å². The van der Waals surface area contributed by atoms with Crippen LogP contribution in [0.2, 0.25) is 0 Å². The van der Waals surface area contributed by atoms with E-state index >= 15 is 0 Å². The van der Waals surface area contributed by atoms with Crippen molar-refractivity contribution in [2.45, 2.75) is 0 Å². The Morgan fingerprint density at radius 1 is 0.634 bits per heavy atom. The van der Waals surface area contributed by atoms with Gasteiger partial charge in [0.05, 0.1) is 60.9 Å². The Labute approximate surface area is 236 Å². The molecule has 0 radical (unpaired) electrons. The first-order valence-corrected chi connectivity index (χ1v) is 12.3. The second kappa shape index (κ2) is 12.0. The molecule has 10 nitrogen and oxygen atoms in total. The molecule has 4 rings (SSSR count). The third-order valence-electron chi connectivity index (χ3n) is 6.71. The summed E-state index contributed by atoms with van der Waals surface area (Å²) >= 11 is 0. The fraction of sp³-hybridized carbons (Fsp3) is 0.226. The lowest BCUT2D eigenvalue weighted by molar-refractivity contribution is 0.0598. The van der Waals surface area contributed by atoms with E-state index in [4.69, 9.17) is 33.2 Å². The van der Waals surface area contributed by atoms with E-state index in [-0.39, 0.29) is 50.3 Å². The van der Waals surface area contributed by atoms with Crippen LogP contribution < -0.4 is 28.4 Å². The number of ketones is 1. The molecule has 0 aliphatic rings. The molecule has 4 aromatic rings. The van der Waals surface area contributed by atoms with Gasteiger partial charge in [0, 0.05) is 21.9 Å². The van der Waals surface area contributed by atoms with Crippen LogP contribution in [0.1, 0.15) is 26.3 Å². The van der Waals surface area contributed by atoms with Gasteiger partial charge in [0.2, 0.25) is 5.75 Å². The maximum Gasteiger partial charge on any atom is 0.339 e. The first-order chi connectivity index (χ1) is 19.8. The molecule has 0 aliphatic heterocycles. The molecule has 41 heavy (non-hydrogen) atoms. The Hall–Kier alpha value is -5.12. The van der Waals surface area contributed by atoms with Crippen molar-refractivity contribution >= 4 is 22.5 Å². The summed E-state index contributed by atoms with van der Waals surface area (Å²) in [6.07, 6.45) is 0. The van der Waals surface area contributed by atoms with Crippen LogP contribution in [0, 0.1) is 0 Å². The van der Waals surface area contributed by atoms with Crippen LogP contribution >= 0.6 is 0 Å². The van der Waals surface area contributed by atoms with Gasteiger partial charge in [-0.1, -0.05) is 6.07 Å².